The van der Waals surface area contributed by atoms with E-state index in [0.29, 0.717) is 5.92 Å². The highest BCUT2D eigenvalue weighted by Crippen LogP contribution is 2.37. The molecule has 1 aliphatic heterocycles. The Kier molecular flexibility index (Phi) is 3.06. The minimum absolute atomic E-state index is 0.0713. The van der Waals surface area contributed by atoms with E-state index in [4.69, 9.17) is 15.2 Å². The lowest BCUT2D eigenvalue weighted by molar-refractivity contribution is 0.114. The minimum Gasteiger partial charge on any atom is -0.497 e. The van der Waals surface area contributed by atoms with Crippen LogP contribution in [0.4, 0.5) is 0 Å². The number of ether oxygens (including phenoxy) is 2. The molecule has 3 heteroatoms. The molecule has 1 aromatic carbocycles. The first-order chi connectivity index (χ1) is 7.61. The van der Waals surface area contributed by atoms with Gasteiger partial charge in [0.25, 0.3) is 0 Å². The van der Waals surface area contributed by atoms with Gasteiger partial charge in [-0.1, -0.05) is 19.9 Å². The van der Waals surface area contributed by atoms with E-state index in [1.807, 2.05) is 18.2 Å². The van der Waals surface area contributed by atoms with Crippen LogP contribution in [-0.2, 0) is 0 Å². The lowest BCUT2D eigenvalue weighted by atomic mass is 9.92. The molecule has 1 heterocycles. The third kappa shape index (κ3) is 2.00. The van der Waals surface area contributed by atoms with Gasteiger partial charge >= 0.3 is 0 Å². The van der Waals surface area contributed by atoms with Crippen LogP contribution in [0, 0.1) is 5.92 Å². The Labute approximate surface area is 96.5 Å². The van der Waals surface area contributed by atoms with Crippen LogP contribution in [0.1, 0.15) is 31.9 Å². The molecule has 0 saturated carbocycles. The molecule has 1 aliphatic rings. The smallest absolute Gasteiger partial charge is 0.128 e. The molecule has 16 heavy (non-hydrogen) atoms. The maximum absolute atomic E-state index is 6.15. The fraction of sp³-hybridized carbons (Fsp3) is 0.538. The quantitative estimate of drug-likeness (QED) is 0.834. The van der Waals surface area contributed by atoms with Crippen molar-refractivity contribution in [3.8, 4) is 11.5 Å². The molecule has 2 rings (SSSR count). The van der Waals surface area contributed by atoms with E-state index in [1.54, 1.807) is 7.11 Å². The molecule has 1 aromatic rings. The van der Waals surface area contributed by atoms with E-state index >= 15 is 0 Å². The monoisotopic (exact) mass is 221 g/mol. The van der Waals surface area contributed by atoms with Crippen molar-refractivity contribution in [2.45, 2.75) is 32.4 Å². The van der Waals surface area contributed by atoms with Crippen molar-refractivity contribution in [1.82, 2.24) is 0 Å². The summed E-state index contributed by atoms with van der Waals surface area (Å²) in [6, 6.07) is 5.92. The van der Waals surface area contributed by atoms with Crippen LogP contribution < -0.4 is 15.2 Å². The second kappa shape index (κ2) is 4.34. The number of rotatable bonds is 2. The molecule has 0 amide bonds. The lowest BCUT2D eigenvalue weighted by Gasteiger charge is -2.32. The molecular formula is C13H19NO2. The Morgan fingerprint density at radius 2 is 2.19 bits per heavy atom. The lowest BCUT2D eigenvalue weighted by Crippen LogP contribution is -2.33. The zero-order valence-electron chi connectivity index (χ0n) is 10.1. The van der Waals surface area contributed by atoms with Crippen LogP contribution in [0.15, 0.2) is 18.2 Å². The summed E-state index contributed by atoms with van der Waals surface area (Å²) in [6.07, 6.45) is 1.09. The van der Waals surface area contributed by atoms with Crippen LogP contribution in [0.3, 0.4) is 0 Å². The Morgan fingerprint density at radius 3 is 2.81 bits per heavy atom. The number of nitrogens with two attached hydrogens (primary N) is 1. The summed E-state index contributed by atoms with van der Waals surface area (Å²) < 4.78 is 11.1. The topological polar surface area (TPSA) is 44.5 Å². The number of fused-ring (bicyclic) bond motifs is 1. The van der Waals surface area contributed by atoms with Crippen molar-refractivity contribution >= 4 is 0 Å². The Hall–Kier alpha value is -1.22. The van der Waals surface area contributed by atoms with Gasteiger partial charge in [-0.2, -0.15) is 0 Å². The second-order valence-electron chi connectivity index (χ2n) is 4.65. The van der Waals surface area contributed by atoms with Crippen molar-refractivity contribution in [3.05, 3.63) is 23.8 Å². The molecule has 0 spiro atoms. The van der Waals surface area contributed by atoms with Crippen molar-refractivity contribution in [1.29, 1.82) is 0 Å². The van der Waals surface area contributed by atoms with Crippen LogP contribution in [0.2, 0.25) is 0 Å². The van der Waals surface area contributed by atoms with Crippen LogP contribution >= 0.6 is 0 Å². The third-order valence-electron chi connectivity index (χ3n) is 3.13. The maximum Gasteiger partial charge on any atom is 0.128 e. The zero-order valence-corrected chi connectivity index (χ0v) is 10.1. The number of hydrogen-bond donors (Lipinski definition) is 1. The van der Waals surface area contributed by atoms with Gasteiger partial charge in [0.15, 0.2) is 0 Å². The summed E-state index contributed by atoms with van der Waals surface area (Å²) in [4.78, 5) is 0. The van der Waals surface area contributed by atoms with E-state index in [-0.39, 0.29) is 12.1 Å². The van der Waals surface area contributed by atoms with Crippen molar-refractivity contribution in [2.75, 3.05) is 7.11 Å². The van der Waals surface area contributed by atoms with Crippen molar-refractivity contribution in [2.24, 2.45) is 11.7 Å². The minimum atomic E-state index is 0.0713. The fourth-order valence-electron chi connectivity index (χ4n) is 2.05. The van der Waals surface area contributed by atoms with E-state index in [2.05, 4.69) is 13.8 Å². The van der Waals surface area contributed by atoms with Crippen LogP contribution in [0.5, 0.6) is 11.5 Å². The molecular weight excluding hydrogens is 202 g/mol. The summed E-state index contributed by atoms with van der Waals surface area (Å²) in [5.74, 6) is 2.16. The normalized spacial score (nSPS) is 23.8. The van der Waals surface area contributed by atoms with Crippen LogP contribution in [0.25, 0.3) is 0 Å². The van der Waals surface area contributed by atoms with E-state index in [0.717, 1.165) is 23.5 Å². The summed E-state index contributed by atoms with van der Waals surface area (Å²) >= 11 is 0. The third-order valence-corrected chi connectivity index (χ3v) is 3.13. The molecule has 3 nitrogen and oxygen atoms in total. The van der Waals surface area contributed by atoms with Gasteiger partial charge in [0.2, 0.25) is 0 Å². The van der Waals surface area contributed by atoms with Crippen molar-refractivity contribution < 1.29 is 9.47 Å². The molecule has 2 N–H and O–H groups in total. The summed E-state index contributed by atoms with van der Waals surface area (Å²) in [5, 5.41) is 0. The SMILES string of the molecule is COc1ccc2c(c1)OC(C(C)C)C[C@@H]2N. The molecule has 0 fully saturated rings. The van der Waals surface area contributed by atoms with E-state index < -0.39 is 0 Å². The first kappa shape index (κ1) is 11.3. The Bertz CT molecular complexity index is 376. The average Bonchev–Trinajstić information content (AvgIpc) is 2.28. The maximum atomic E-state index is 6.15. The van der Waals surface area contributed by atoms with Gasteiger partial charge in [-0.25, -0.2) is 0 Å². The molecule has 0 saturated heterocycles. The Morgan fingerprint density at radius 1 is 1.44 bits per heavy atom. The van der Waals surface area contributed by atoms with Gasteiger partial charge in [-0.15, -0.1) is 0 Å². The van der Waals surface area contributed by atoms with Gasteiger partial charge < -0.3 is 15.2 Å². The predicted molar refractivity (Wildman–Crippen MR) is 63.8 cm³/mol. The first-order valence-corrected chi connectivity index (χ1v) is 5.72. The highest BCUT2D eigenvalue weighted by Gasteiger charge is 2.28. The summed E-state index contributed by atoms with van der Waals surface area (Å²) in [6.45, 7) is 4.31. The first-order valence-electron chi connectivity index (χ1n) is 5.72. The molecule has 88 valence electrons. The largest absolute Gasteiger partial charge is 0.497 e. The summed E-state index contributed by atoms with van der Waals surface area (Å²) in [7, 11) is 1.66. The van der Waals surface area contributed by atoms with Gasteiger partial charge in [0.1, 0.15) is 17.6 Å². The molecule has 0 aromatic heterocycles. The molecule has 0 bridgehead atoms. The molecule has 1 unspecified atom stereocenters. The number of methoxy groups -OCH3 is 1. The molecule has 2 atom stereocenters. The van der Waals surface area contributed by atoms with Gasteiger partial charge in [-0.3, -0.25) is 0 Å². The molecule has 0 radical (unpaired) electrons. The van der Waals surface area contributed by atoms with Gasteiger partial charge in [0.05, 0.1) is 7.11 Å². The highest BCUT2D eigenvalue weighted by molar-refractivity contribution is 5.43. The predicted octanol–water partition coefficient (Wildman–Crippen LogP) is 2.50. The summed E-state index contributed by atoms with van der Waals surface area (Å²) in [5.41, 5.74) is 7.23. The number of benzene rings is 1. The zero-order chi connectivity index (χ0) is 11.7. The van der Waals surface area contributed by atoms with Gasteiger partial charge in [-0.05, 0) is 12.0 Å². The average molecular weight is 221 g/mol. The second-order valence-corrected chi connectivity index (χ2v) is 4.65. The van der Waals surface area contributed by atoms with Crippen LogP contribution in [-0.4, -0.2) is 13.2 Å². The highest BCUT2D eigenvalue weighted by atomic mass is 16.5. The fourth-order valence-corrected chi connectivity index (χ4v) is 2.05. The molecule has 0 aliphatic carbocycles. The van der Waals surface area contributed by atoms with E-state index in [1.165, 1.54) is 0 Å². The van der Waals surface area contributed by atoms with E-state index in [9.17, 15) is 0 Å². The van der Waals surface area contributed by atoms with Crippen molar-refractivity contribution in [3.63, 3.8) is 0 Å². The number of hydrogen-bond acceptors (Lipinski definition) is 3. The van der Waals surface area contributed by atoms with Gasteiger partial charge in [0, 0.05) is 24.1 Å². The Balaban J connectivity index is 2.31. The standard InChI is InChI=1S/C13H19NO2/c1-8(2)12-7-11(14)10-5-4-9(15-3)6-13(10)16-12/h4-6,8,11-12H,7,14H2,1-3H3/t11-,12?/m0/s1.